The van der Waals surface area contributed by atoms with Gasteiger partial charge in [-0.2, -0.15) is 0 Å². The highest BCUT2D eigenvalue weighted by atomic mass is 16.5. The van der Waals surface area contributed by atoms with Crippen LogP contribution in [0.2, 0.25) is 0 Å². The van der Waals surface area contributed by atoms with E-state index in [0.717, 1.165) is 53.0 Å². The molecule has 31 heavy (non-hydrogen) atoms. The van der Waals surface area contributed by atoms with Crippen LogP contribution in [-0.4, -0.2) is 36.1 Å². The molecule has 3 heterocycles. The van der Waals surface area contributed by atoms with Gasteiger partial charge in [0.15, 0.2) is 11.4 Å². The summed E-state index contributed by atoms with van der Waals surface area (Å²) in [5.74, 6) is 1.50. The number of nitrogens with one attached hydrogen (secondary N) is 1. The molecule has 1 saturated heterocycles. The quantitative estimate of drug-likeness (QED) is 0.531. The Morgan fingerprint density at radius 3 is 3.03 bits per heavy atom. The monoisotopic (exact) mass is 416 g/mol. The van der Waals surface area contributed by atoms with Crippen LogP contribution in [-0.2, 0) is 11.3 Å². The lowest BCUT2D eigenvalue weighted by atomic mass is 9.97. The van der Waals surface area contributed by atoms with Gasteiger partial charge in [0, 0.05) is 25.0 Å². The molecule has 4 aromatic rings. The summed E-state index contributed by atoms with van der Waals surface area (Å²) in [6.45, 7) is 1.92. The molecule has 0 unspecified atom stereocenters. The van der Waals surface area contributed by atoms with Crippen LogP contribution >= 0.6 is 0 Å². The van der Waals surface area contributed by atoms with E-state index in [0.29, 0.717) is 18.7 Å². The maximum Gasteiger partial charge on any atom is 0.225 e. The molecule has 1 atom stereocenters. The highest BCUT2D eigenvalue weighted by molar-refractivity contribution is 6.05. The second kappa shape index (κ2) is 8.26. The Balaban J connectivity index is 1.32. The molecular weight excluding hydrogens is 392 g/mol. The van der Waals surface area contributed by atoms with E-state index in [2.05, 4.69) is 20.2 Å². The Morgan fingerprint density at radius 2 is 2.13 bits per heavy atom. The minimum atomic E-state index is -0.103. The number of piperidine rings is 1. The predicted molar refractivity (Wildman–Crippen MR) is 119 cm³/mol. The average Bonchev–Trinajstić information content (AvgIpc) is 3.21. The summed E-state index contributed by atoms with van der Waals surface area (Å²) in [6, 6.07) is 15.6. The number of carbonyl (C=O) groups excluding carboxylic acids is 1. The molecule has 0 saturated carbocycles. The number of anilines is 1. The van der Waals surface area contributed by atoms with Gasteiger partial charge in [-0.15, -0.1) is 0 Å². The number of carbonyl (C=O) groups is 1. The van der Waals surface area contributed by atoms with E-state index in [1.807, 2.05) is 48.5 Å². The SMILES string of the molecule is COc1cccc(CNC(=O)[C@H]2CCCN(c3ncnc4c3oc3ccccc34)C2)c1. The smallest absolute Gasteiger partial charge is 0.225 e. The maximum atomic E-state index is 12.9. The fourth-order valence-corrected chi connectivity index (χ4v) is 4.24. The van der Waals surface area contributed by atoms with Gasteiger partial charge in [0.2, 0.25) is 5.91 Å². The van der Waals surface area contributed by atoms with Crippen molar-refractivity contribution < 1.29 is 13.9 Å². The van der Waals surface area contributed by atoms with E-state index in [1.165, 1.54) is 0 Å². The molecule has 0 aliphatic carbocycles. The second-order valence-corrected chi connectivity index (χ2v) is 7.83. The summed E-state index contributed by atoms with van der Waals surface area (Å²) in [7, 11) is 1.64. The van der Waals surface area contributed by atoms with Gasteiger partial charge in [-0.05, 0) is 42.7 Å². The third-order valence-electron chi connectivity index (χ3n) is 5.83. The molecule has 1 aliphatic rings. The summed E-state index contributed by atoms with van der Waals surface area (Å²) < 4.78 is 11.3. The number of methoxy groups -OCH3 is 1. The lowest BCUT2D eigenvalue weighted by Crippen LogP contribution is -2.43. The molecular formula is C24H24N4O3. The van der Waals surface area contributed by atoms with E-state index in [1.54, 1.807) is 13.4 Å². The zero-order valence-electron chi connectivity index (χ0n) is 17.4. The number of rotatable bonds is 5. The summed E-state index contributed by atoms with van der Waals surface area (Å²) >= 11 is 0. The summed E-state index contributed by atoms with van der Waals surface area (Å²) in [5, 5.41) is 4.05. The largest absolute Gasteiger partial charge is 0.497 e. The zero-order chi connectivity index (χ0) is 21.2. The molecule has 2 aromatic carbocycles. The molecule has 7 nitrogen and oxygen atoms in total. The minimum Gasteiger partial charge on any atom is -0.497 e. The van der Waals surface area contributed by atoms with Crippen LogP contribution in [0.5, 0.6) is 5.75 Å². The number of amides is 1. The van der Waals surface area contributed by atoms with Crippen molar-refractivity contribution in [2.24, 2.45) is 5.92 Å². The van der Waals surface area contributed by atoms with Gasteiger partial charge < -0.3 is 19.4 Å². The number of ether oxygens (including phenoxy) is 1. The first-order valence-electron chi connectivity index (χ1n) is 10.5. The van der Waals surface area contributed by atoms with Gasteiger partial charge in [0.25, 0.3) is 0 Å². The van der Waals surface area contributed by atoms with Crippen molar-refractivity contribution in [1.82, 2.24) is 15.3 Å². The van der Waals surface area contributed by atoms with Crippen LogP contribution in [0.1, 0.15) is 18.4 Å². The molecule has 1 fully saturated rings. The van der Waals surface area contributed by atoms with Gasteiger partial charge in [0.05, 0.1) is 13.0 Å². The van der Waals surface area contributed by atoms with E-state index in [9.17, 15) is 4.79 Å². The first-order valence-corrected chi connectivity index (χ1v) is 10.5. The van der Waals surface area contributed by atoms with Crippen LogP contribution in [0.15, 0.2) is 59.3 Å². The van der Waals surface area contributed by atoms with Crippen LogP contribution in [0, 0.1) is 5.92 Å². The van der Waals surface area contributed by atoms with Crippen molar-refractivity contribution in [3.8, 4) is 5.75 Å². The molecule has 0 bridgehead atoms. The number of benzene rings is 2. The Bertz CT molecular complexity index is 1240. The predicted octanol–water partition coefficient (Wildman–Crippen LogP) is 3.92. The normalized spacial score (nSPS) is 16.5. The number of hydrogen-bond donors (Lipinski definition) is 1. The Morgan fingerprint density at radius 1 is 1.23 bits per heavy atom. The molecule has 5 rings (SSSR count). The van der Waals surface area contributed by atoms with E-state index >= 15 is 0 Å². The number of aromatic nitrogens is 2. The summed E-state index contributed by atoms with van der Waals surface area (Å²) in [4.78, 5) is 24.0. The van der Waals surface area contributed by atoms with Crippen molar-refractivity contribution >= 4 is 33.8 Å². The van der Waals surface area contributed by atoms with E-state index in [-0.39, 0.29) is 11.8 Å². The highest BCUT2D eigenvalue weighted by Gasteiger charge is 2.28. The Labute approximate surface area is 180 Å². The first kappa shape index (κ1) is 19.4. The number of nitrogens with zero attached hydrogens (tertiary/aromatic N) is 3. The standard InChI is InChI=1S/C24H24N4O3/c1-30-18-8-4-6-16(12-18)13-25-24(29)17-7-5-11-28(14-17)23-22-21(26-15-27-23)19-9-2-3-10-20(19)31-22/h2-4,6,8-10,12,15,17H,5,7,11,13-14H2,1H3,(H,25,29)/t17-/m0/s1. The lowest BCUT2D eigenvalue weighted by Gasteiger charge is -2.32. The van der Waals surface area contributed by atoms with Crippen molar-refractivity contribution in [2.75, 3.05) is 25.1 Å². The van der Waals surface area contributed by atoms with Crippen molar-refractivity contribution in [1.29, 1.82) is 0 Å². The third kappa shape index (κ3) is 3.79. The Hall–Kier alpha value is -3.61. The zero-order valence-corrected chi connectivity index (χ0v) is 17.4. The molecule has 1 N–H and O–H groups in total. The average molecular weight is 416 g/mol. The number of hydrogen-bond acceptors (Lipinski definition) is 6. The number of para-hydroxylation sites is 1. The molecule has 2 aromatic heterocycles. The van der Waals surface area contributed by atoms with Crippen LogP contribution in [0.3, 0.4) is 0 Å². The number of furan rings is 1. The van der Waals surface area contributed by atoms with Crippen LogP contribution in [0.4, 0.5) is 5.82 Å². The van der Waals surface area contributed by atoms with Crippen LogP contribution < -0.4 is 15.0 Å². The Kier molecular flexibility index (Phi) is 5.16. The topological polar surface area (TPSA) is 80.5 Å². The molecule has 1 amide bonds. The molecule has 0 spiro atoms. The molecule has 0 radical (unpaired) electrons. The van der Waals surface area contributed by atoms with Gasteiger partial charge in [-0.1, -0.05) is 24.3 Å². The van der Waals surface area contributed by atoms with E-state index in [4.69, 9.17) is 9.15 Å². The number of fused-ring (bicyclic) bond motifs is 3. The van der Waals surface area contributed by atoms with Gasteiger partial charge in [-0.3, -0.25) is 4.79 Å². The summed E-state index contributed by atoms with van der Waals surface area (Å²) in [6.07, 6.45) is 3.35. The fourth-order valence-electron chi connectivity index (χ4n) is 4.24. The van der Waals surface area contributed by atoms with Crippen LogP contribution in [0.25, 0.3) is 22.1 Å². The van der Waals surface area contributed by atoms with Crippen molar-refractivity contribution in [2.45, 2.75) is 19.4 Å². The van der Waals surface area contributed by atoms with E-state index < -0.39 is 0 Å². The van der Waals surface area contributed by atoms with Gasteiger partial charge >= 0.3 is 0 Å². The van der Waals surface area contributed by atoms with Gasteiger partial charge in [0.1, 0.15) is 23.2 Å². The van der Waals surface area contributed by atoms with Gasteiger partial charge in [-0.25, -0.2) is 9.97 Å². The summed E-state index contributed by atoms with van der Waals surface area (Å²) in [5.41, 5.74) is 3.30. The van der Waals surface area contributed by atoms with Crippen molar-refractivity contribution in [3.63, 3.8) is 0 Å². The fraction of sp³-hybridized carbons (Fsp3) is 0.292. The molecule has 7 heteroatoms. The second-order valence-electron chi connectivity index (χ2n) is 7.83. The third-order valence-corrected chi connectivity index (χ3v) is 5.83. The first-order chi connectivity index (χ1) is 15.2. The lowest BCUT2D eigenvalue weighted by molar-refractivity contribution is -0.125. The van der Waals surface area contributed by atoms with Crippen molar-refractivity contribution in [3.05, 3.63) is 60.4 Å². The maximum absolute atomic E-state index is 12.9. The minimum absolute atomic E-state index is 0.0578. The molecule has 1 aliphatic heterocycles. The highest BCUT2D eigenvalue weighted by Crippen LogP contribution is 2.33. The molecule has 158 valence electrons.